The van der Waals surface area contributed by atoms with Crippen molar-refractivity contribution in [2.75, 3.05) is 26.2 Å². The van der Waals surface area contributed by atoms with E-state index in [1.807, 2.05) is 6.92 Å². The lowest BCUT2D eigenvalue weighted by Crippen LogP contribution is -2.44. The number of hydrogen-bond donors (Lipinski definition) is 1. The molecule has 0 amide bonds. The highest BCUT2D eigenvalue weighted by atomic mass is 35.5. The van der Waals surface area contributed by atoms with Gasteiger partial charge in [0, 0.05) is 32.2 Å². The summed E-state index contributed by atoms with van der Waals surface area (Å²) in [5, 5.41) is 3.23. The first kappa shape index (κ1) is 21.6. The fourth-order valence-electron chi connectivity index (χ4n) is 2.26. The number of benzene rings is 1. The first-order chi connectivity index (χ1) is 9.37. The molecule has 0 bridgehead atoms. The van der Waals surface area contributed by atoms with E-state index in [0.717, 1.165) is 31.7 Å². The van der Waals surface area contributed by atoms with Gasteiger partial charge in [-0.1, -0.05) is 17.7 Å². The summed E-state index contributed by atoms with van der Waals surface area (Å²) < 4.78 is 40.4. The Morgan fingerprint density at radius 3 is 2.32 bits per heavy atom. The zero-order chi connectivity index (χ0) is 14.8. The Morgan fingerprint density at radius 2 is 1.82 bits per heavy atom. The molecule has 0 spiro atoms. The molecule has 0 aromatic heterocycles. The van der Waals surface area contributed by atoms with Gasteiger partial charge in [-0.05, 0) is 24.6 Å². The highest BCUT2D eigenvalue weighted by Crippen LogP contribution is 2.33. The number of halogens is 6. The van der Waals surface area contributed by atoms with Crippen LogP contribution in [0, 0.1) is 0 Å². The molecular formula is C13H18Cl3F3N2O. The third-order valence-corrected chi connectivity index (χ3v) is 3.66. The summed E-state index contributed by atoms with van der Waals surface area (Å²) in [4.78, 5) is 2.26. The van der Waals surface area contributed by atoms with Crippen molar-refractivity contribution < 1.29 is 17.9 Å². The topological polar surface area (TPSA) is 24.5 Å². The molecule has 1 aromatic rings. The molecule has 1 heterocycles. The first-order valence-corrected chi connectivity index (χ1v) is 6.74. The lowest BCUT2D eigenvalue weighted by molar-refractivity contribution is -0.274. The number of ether oxygens (including phenoxy) is 1. The lowest BCUT2D eigenvalue weighted by atomic mass is 10.1. The van der Waals surface area contributed by atoms with Crippen LogP contribution in [0.3, 0.4) is 0 Å². The molecule has 1 saturated heterocycles. The highest BCUT2D eigenvalue weighted by Gasteiger charge is 2.32. The molecular weight excluding hydrogens is 364 g/mol. The van der Waals surface area contributed by atoms with Gasteiger partial charge < -0.3 is 10.1 Å². The number of alkyl halides is 3. The Bertz CT molecular complexity index is 468. The molecule has 3 nitrogen and oxygen atoms in total. The lowest BCUT2D eigenvalue weighted by Gasteiger charge is -2.33. The quantitative estimate of drug-likeness (QED) is 0.855. The predicted octanol–water partition coefficient (Wildman–Crippen LogP) is 4.05. The van der Waals surface area contributed by atoms with E-state index in [-0.39, 0.29) is 41.6 Å². The van der Waals surface area contributed by atoms with Gasteiger partial charge in [0.2, 0.25) is 0 Å². The van der Waals surface area contributed by atoms with E-state index >= 15 is 0 Å². The van der Waals surface area contributed by atoms with Crippen molar-refractivity contribution in [3.05, 3.63) is 28.8 Å². The maximum atomic E-state index is 12.2. The molecule has 1 aromatic carbocycles. The number of piperazine rings is 1. The molecule has 1 N–H and O–H groups in total. The minimum atomic E-state index is -4.73. The number of nitrogens with one attached hydrogen (secondary N) is 1. The van der Waals surface area contributed by atoms with E-state index in [0.29, 0.717) is 0 Å². The van der Waals surface area contributed by atoms with Crippen LogP contribution < -0.4 is 10.1 Å². The highest BCUT2D eigenvalue weighted by molar-refractivity contribution is 6.32. The van der Waals surface area contributed by atoms with Crippen LogP contribution in [0.5, 0.6) is 5.75 Å². The van der Waals surface area contributed by atoms with Crippen molar-refractivity contribution in [2.45, 2.75) is 19.3 Å². The summed E-state index contributed by atoms with van der Waals surface area (Å²) in [7, 11) is 0. The van der Waals surface area contributed by atoms with Crippen LogP contribution >= 0.6 is 36.4 Å². The second-order valence-corrected chi connectivity index (χ2v) is 5.11. The third-order valence-electron chi connectivity index (χ3n) is 3.36. The smallest absolute Gasteiger partial charge is 0.404 e. The average molecular weight is 382 g/mol. The zero-order valence-corrected chi connectivity index (χ0v) is 14.2. The van der Waals surface area contributed by atoms with Crippen LogP contribution in [-0.2, 0) is 0 Å². The number of nitrogens with zero attached hydrogens (tertiary/aromatic N) is 1. The summed E-state index contributed by atoms with van der Waals surface area (Å²) >= 11 is 5.86. The van der Waals surface area contributed by atoms with E-state index in [9.17, 15) is 13.2 Å². The average Bonchev–Trinajstić information content (AvgIpc) is 2.40. The minimum Gasteiger partial charge on any atom is -0.404 e. The molecule has 0 radical (unpaired) electrons. The molecule has 1 fully saturated rings. The van der Waals surface area contributed by atoms with Gasteiger partial charge in [-0.3, -0.25) is 4.90 Å². The standard InChI is InChI=1S/C13H16ClF3N2O.2ClH/c1-9(19-6-4-18-5-7-19)10-2-3-12(11(14)8-10)20-13(15,16)17;;/h2-3,8-9,18H,4-7H2,1H3;2*1H/t9-;;/m1../s1. The fourth-order valence-corrected chi connectivity index (χ4v) is 2.49. The molecule has 1 aliphatic rings. The molecule has 0 saturated carbocycles. The molecule has 128 valence electrons. The van der Waals surface area contributed by atoms with Gasteiger partial charge in [0.25, 0.3) is 0 Å². The summed E-state index contributed by atoms with van der Waals surface area (Å²) in [5.74, 6) is -0.365. The van der Waals surface area contributed by atoms with Gasteiger partial charge >= 0.3 is 6.36 Å². The van der Waals surface area contributed by atoms with Gasteiger partial charge in [0.15, 0.2) is 0 Å². The summed E-state index contributed by atoms with van der Waals surface area (Å²) in [6.45, 7) is 5.64. The van der Waals surface area contributed by atoms with Crippen molar-refractivity contribution in [3.63, 3.8) is 0 Å². The van der Waals surface area contributed by atoms with Crippen LogP contribution in [0.1, 0.15) is 18.5 Å². The normalized spacial score (nSPS) is 17.1. The van der Waals surface area contributed by atoms with E-state index < -0.39 is 6.36 Å². The van der Waals surface area contributed by atoms with Gasteiger partial charge in [-0.25, -0.2) is 0 Å². The van der Waals surface area contributed by atoms with Crippen LogP contribution in [-0.4, -0.2) is 37.4 Å². The molecule has 22 heavy (non-hydrogen) atoms. The molecule has 1 atom stereocenters. The zero-order valence-electron chi connectivity index (χ0n) is 11.8. The minimum absolute atomic E-state index is 0. The van der Waals surface area contributed by atoms with Crippen molar-refractivity contribution in [2.24, 2.45) is 0 Å². The second-order valence-electron chi connectivity index (χ2n) is 4.70. The van der Waals surface area contributed by atoms with Crippen molar-refractivity contribution >= 4 is 36.4 Å². The molecule has 9 heteroatoms. The Morgan fingerprint density at radius 1 is 1.23 bits per heavy atom. The van der Waals surface area contributed by atoms with Crippen LogP contribution in [0.2, 0.25) is 5.02 Å². The SMILES string of the molecule is C[C@H](c1ccc(OC(F)(F)F)c(Cl)c1)N1CCNCC1.Cl.Cl. The third kappa shape index (κ3) is 6.01. The Balaban J connectivity index is 0.00000220. The van der Waals surface area contributed by atoms with Crippen molar-refractivity contribution in [1.29, 1.82) is 0 Å². The second kappa shape index (κ2) is 9.03. The maximum absolute atomic E-state index is 12.2. The number of hydrogen-bond acceptors (Lipinski definition) is 3. The van der Waals surface area contributed by atoms with Gasteiger partial charge in [-0.15, -0.1) is 38.0 Å². The first-order valence-electron chi connectivity index (χ1n) is 6.37. The van der Waals surface area contributed by atoms with Crippen LogP contribution in [0.15, 0.2) is 18.2 Å². The predicted molar refractivity (Wildman–Crippen MR) is 85.5 cm³/mol. The maximum Gasteiger partial charge on any atom is 0.573 e. The van der Waals surface area contributed by atoms with Crippen LogP contribution in [0.4, 0.5) is 13.2 Å². The Labute approximate surface area is 145 Å². The molecule has 1 aliphatic heterocycles. The van der Waals surface area contributed by atoms with Crippen molar-refractivity contribution in [3.8, 4) is 5.75 Å². The van der Waals surface area contributed by atoms with E-state index in [1.165, 1.54) is 12.1 Å². The van der Waals surface area contributed by atoms with Gasteiger partial charge in [0.1, 0.15) is 5.75 Å². The van der Waals surface area contributed by atoms with Gasteiger partial charge in [-0.2, -0.15) is 0 Å². The Kier molecular flexibility index (Phi) is 8.87. The fraction of sp³-hybridized carbons (Fsp3) is 0.538. The molecule has 0 unspecified atom stereocenters. The van der Waals surface area contributed by atoms with Crippen LogP contribution in [0.25, 0.3) is 0 Å². The molecule has 2 rings (SSSR count). The van der Waals surface area contributed by atoms with Crippen molar-refractivity contribution in [1.82, 2.24) is 10.2 Å². The monoisotopic (exact) mass is 380 g/mol. The van der Waals surface area contributed by atoms with E-state index in [4.69, 9.17) is 11.6 Å². The summed E-state index contributed by atoms with van der Waals surface area (Å²) in [6.07, 6.45) is -4.73. The van der Waals surface area contributed by atoms with Gasteiger partial charge in [0.05, 0.1) is 5.02 Å². The Hall–Kier alpha value is -0.400. The molecule has 0 aliphatic carbocycles. The summed E-state index contributed by atoms with van der Waals surface area (Å²) in [6, 6.07) is 4.54. The number of rotatable bonds is 3. The summed E-state index contributed by atoms with van der Waals surface area (Å²) in [5.41, 5.74) is 0.881. The largest absolute Gasteiger partial charge is 0.573 e. The van der Waals surface area contributed by atoms with E-state index in [1.54, 1.807) is 6.07 Å². The van der Waals surface area contributed by atoms with E-state index in [2.05, 4.69) is 15.0 Å².